The van der Waals surface area contributed by atoms with E-state index >= 15 is 0 Å². The van der Waals surface area contributed by atoms with E-state index in [0.29, 0.717) is 29.6 Å². The molecule has 0 atom stereocenters. The Balaban J connectivity index is 1.61. The molecule has 9 nitrogen and oxygen atoms in total. The smallest absolute Gasteiger partial charge is 0.226 e. The van der Waals surface area contributed by atoms with Gasteiger partial charge in [-0.1, -0.05) is 44.9 Å². The second kappa shape index (κ2) is 13.1. The maximum atomic E-state index is 12.1. The van der Waals surface area contributed by atoms with Crippen LogP contribution in [-0.2, 0) is 20.8 Å². The zero-order valence-electron chi connectivity index (χ0n) is 19.3. The van der Waals surface area contributed by atoms with E-state index in [-0.39, 0.29) is 22.9 Å². The monoisotopic (exact) mass is 492 g/mol. The summed E-state index contributed by atoms with van der Waals surface area (Å²) in [7, 11) is 0. The van der Waals surface area contributed by atoms with Gasteiger partial charge in [0.05, 0.1) is 28.1 Å². The summed E-state index contributed by atoms with van der Waals surface area (Å²) < 4.78 is 6.78. The molecule has 2 aromatic rings. The minimum atomic E-state index is -0.164. The van der Waals surface area contributed by atoms with E-state index < -0.39 is 0 Å². The molecule has 0 saturated heterocycles. The van der Waals surface area contributed by atoms with Gasteiger partial charge in [0.1, 0.15) is 5.76 Å². The standard InChI is InChI=1S/C22H32N6O3S2/c1-22(2,3)16-12-25-19(31-16)14-32-20-13-26-21(33-20)28-18(30)9-7-5-4-6-8-17(29)27-15(10-23)11-24/h10-13,23H,4-9,14,24H2,1-3H3,(H,27,29)(H,26,28,30)/b15-11+,23-10?. The van der Waals surface area contributed by atoms with Crippen LogP contribution < -0.4 is 16.4 Å². The number of hydrogen-bond acceptors (Lipinski definition) is 9. The Hall–Kier alpha value is -2.66. The number of allylic oxidation sites excluding steroid dienone is 1. The molecule has 11 heteroatoms. The number of thiazole rings is 1. The number of nitrogens with two attached hydrogens (primary N) is 1. The molecular weight excluding hydrogens is 460 g/mol. The van der Waals surface area contributed by atoms with Crippen LogP contribution in [0.25, 0.3) is 0 Å². The molecule has 5 N–H and O–H groups in total. The van der Waals surface area contributed by atoms with Crippen LogP contribution in [0.3, 0.4) is 0 Å². The molecule has 0 saturated carbocycles. The van der Waals surface area contributed by atoms with Crippen LogP contribution in [0.15, 0.2) is 32.9 Å². The largest absolute Gasteiger partial charge is 0.444 e. The molecule has 33 heavy (non-hydrogen) atoms. The van der Waals surface area contributed by atoms with Crippen molar-refractivity contribution in [2.45, 2.75) is 74.7 Å². The van der Waals surface area contributed by atoms with Crippen molar-refractivity contribution in [3.8, 4) is 0 Å². The molecule has 2 heterocycles. The Morgan fingerprint density at radius 2 is 1.85 bits per heavy atom. The minimum absolute atomic E-state index is 0.0649. The molecule has 0 radical (unpaired) electrons. The number of hydrogen-bond donors (Lipinski definition) is 4. The van der Waals surface area contributed by atoms with Crippen molar-refractivity contribution in [3.05, 3.63) is 35.9 Å². The van der Waals surface area contributed by atoms with Gasteiger partial charge in [-0.25, -0.2) is 9.97 Å². The predicted molar refractivity (Wildman–Crippen MR) is 132 cm³/mol. The maximum absolute atomic E-state index is 12.1. The number of amides is 2. The zero-order chi connectivity index (χ0) is 24.3. The maximum Gasteiger partial charge on any atom is 0.226 e. The summed E-state index contributed by atoms with van der Waals surface area (Å²) in [5, 5.41) is 13.1. The number of carbonyl (C=O) groups excluding carboxylic acids is 2. The number of unbranched alkanes of at least 4 members (excludes halogenated alkanes) is 3. The van der Waals surface area contributed by atoms with Crippen LogP contribution in [0.4, 0.5) is 5.13 Å². The van der Waals surface area contributed by atoms with Gasteiger partial charge >= 0.3 is 0 Å². The van der Waals surface area contributed by atoms with Crippen molar-refractivity contribution in [2.75, 3.05) is 5.32 Å². The van der Waals surface area contributed by atoms with Crippen molar-refractivity contribution in [3.63, 3.8) is 0 Å². The molecule has 0 aliphatic carbocycles. The van der Waals surface area contributed by atoms with E-state index in [1.165, 1.54) is 17.5 Å². The van der Waals surface area contributed by atoms with E-state index in [4.69, 9.17) is 15.6 Å². The molecule has 0 unspecified atom stereocenters. The Kier molecular flexibility index (Phi) is 10.6. The number of oxazole rings is 1. The highest BCUT2D eigenvalue weighted by atomic mass is 32.2. The van der Waals surface area contributed by atoms with Crippen LogP contribution in [-0.4, -0.2) is 28.0 Å². The number of carbonyl (C=O) groups is 2. The van der Waals surface area contributed by atoms with Crippen molar-refractivity contribution in [1.82, 2.24) is 15.3 Å². The summed E-state index contributed by atoms with van der Waals surface area (Å²) in [6.45, 7) is 6.25. The predicted octanol–water partition coefficient (Wildman–Crippen LogP) is 4.57. The second-order valence-corrected chi connectivity index (χ2v) is 10.7. The highest BCUT2D eigenvalue weighted by Crippen LogP contribution is 2.31. The number of thioether (sulfide) groups is 1. The fourth-order valence-corrected chi connectivity index (χ4v) is 4.44. The molecule has 0 aliphatic rings. The average Bonchev–Trinajstić information content (AvgIpc) is 3.42. The van der Waals surface area contributed by atoms with Gasteiger partial charge in [0.15, 0.2) is 5.13 Å². The van der Waals surface area contributed by atoms with Crippen molar-refractivity contribution in [1.29, 1.82) is 5.41 Å². The first-order valence-corrected chi connectivity index (χ1v) is 12.6. The molecule has 0 aromatic carbocycles. The first-order valence-electron chi connectivity index (χ1n) is 10.8. The van der Waals surface area contributed by atoms with Crippen LogP contribution in [0.1, 0.15) is 70.9 Å². The third-order valence-electron chi connectivity index (χ3n) is 4.54. The van der Waals surface area contributed by atoms with E-state index in [1.807, 2.05) is 0 Å². The fourth-order valence-electron chi connectivity index (χ4n) is 2.70. The SMILES string of the molecule is CC(C)(C)c1cnc(CSc2cnc(NC(=O)CCCCCCC(=O)N/C(C=N)=C/N)s2)o1. The fraction of sp³-hybridized carbons (Fsp3) is 0.500. The van der Waals surface area contributed by atoms with Crippen molar-refractivity contribution >= 4 is 46.3 Å². The lowest BCUT2D eigenvalue weighted by atomic mass is 9.94. The van der Waals surface area contributed by atoms with Gasteiger partial charge < -0.3 is 26.2 Å². The van der Waals surface area contributed by atoms with E-state index in [2.05, 4.69) is 41.4 Å². The molecule has 2 amide bonds. The highest BCUT2D eigenvalue weighted by molar-refractivity contribution is 8.00. The zero-order valence-corrected chi connectivity index (χ0v) is 20.9. The summed E-state index contributed by atoms with van der Waals surface area (Å²) in [6.07, 6.45) is 9.65. The van der Waals surface area contributed by atoms with Crippen molar-refractivity contribution < 1.29 is 14.0 Å². The van der Waals surface area contributed by atoms with Crippen LogP contribution in [0, 0.1) is 5.41 Å². The van der Waals surface area contributed by atoms with Crippen LogP contribution >= 0.6 is 23.1 Å². The first-order chi connectivity index (χ1) is 15.7. The van der Waals surface area contributed by atoms with Crippen LogP contribution in [0.5, 0.6) is 0 Å². The number of nitrogens with one attached hydrogen (secondary N) is 3. The summed E-state index contributed by atoms with van der Waals surface area (Å²) in [4.78, 5) is 32.4. The Bertz CT molecular complexity index is 961. The molecule has 0 bridgehead atoms. The summed E-state index contributed by atoms with van der Waals surface area (Å²) in [5.74, 6) is 1.91. The third-order valence-corrected chi connectivity index (χ3v) is 6.63. The Morgan fingerprint density at radius 1 is 1.15 bits per heavy atom. The third kappa shape index (κ3) is 9.79. The van der Waals surface area contributed by atoms with E-state index in [0.717, 1.165) is 41.9 Å². The normalized spacial score (nSPS) is 11.9. The number of nitrogens with zero attached hydrogens (tertiary/aromatic N) is 2. The van der Waals surface area contributed by atoms with Crippen LogP contribution in [0.2, 0.25) is 0 Å². The number of aromatic nitrogens is 2. The van der Waals surface area contributed by atoms with Gasteiger partial charge in [-0.15, -0.1) is 11.8 Å². The molecule has 0 spiro atoms. The second-order valence-electron chi connectivity index (χ2n) is 8.42. The highest BCUT2D eigenvalue weighted by Gasteiger charge is 2.19. The summed E-state index contributed by atoms with van der Waals surface area (Å²) in [5.41, 5.74) is 5.50. The quantitative estimate of drug-likeness (QED) is 0.182. The molecular formula is C22H32N6O3S2. The Labute approximate surface area is 202 Å². The molecule has 0 aliphatic heterocycles. The summed E-state index contributed by atoms with van der Waals surface area (Å²) in [6, 6.07) is 0. The minimum Gasteiger partial charge on any atom is -0.444 e. The van der Waals surface area contributed by atoms with Gasteiger partial charge in [0, 0.05) is 30.7 Å². The number of rotatable bonds is 13. The lowest BCUT2D eigenvalue weighted by molar-refractivity contribution is -0.120. The molecule has 180 valence electrons. The van der Waals surface area contributed by atoms with Crippen molar-refractivity contribution in [2.24, 2.45) is 5.73 Å². The molecule has 0 fully saturated rings. The summed E-state index contributed by atoms with van der Waals surface area (Å²) >= 11 is 3.00. The van der Waals surface area contributed by atoms with Gasteiger partial charge in [-0.3, -0.25) is 9.59 Å². The topological polar surface area (TPSA) is 147 Å². The lowest BCUT2D eigenvalue weighted by Gasteiger charge is -2.12. The Morgan fingerprint density at radius 3 is 2.45 bits per heavy atom. The van der Waals surface area contributed by atoms with E-state index in [1.54, 1.807) is 24.2 Å². The number of anilines is 1. The molecule has 2 rings (SSSR count). The average molecular weight is 493 g/mol. The van der Waals surface area contributed by atoms with Gasteiger partial charge in [0.25, 0.3) is 0 Å². The lowest BCUT2D eigenvalue weighted by Crippen LogP contribution is -2.23. The molecule has 2 aromatic heterocycles. The van der Waals surface area contributed by atoms with Gasteiger partial charge in [-0.2, -0.15) is 0 Å². The van der Waals surface area contributed by atoms with Gasteiger partial charge in [0.2, 0.25) is 17.7 Å². The van der Waals surface area contributed by atoms with E-state index in [9.17, 15) is 9.59 Å². The van der Waals surface area contributed by atoms with Gasteiger partial charge in [-0.05, 0) is 12.8 Å². The first kappa shape index (κ1) is 26.6.